The average molecular weight is 364 g/mol. The second-order valence-electron chi connectivity index (χ2n) is 6.19. The Hall–Kier alpha value is -3.12. The van der Waals surface area contributed by atoms with E-state index < -0.39 is 0 Å². The fourth-order valence-corrected chi connectivity index (χ4v) is 3.69. The number of benzene rings is 2. The van der Waals surface area contributed by atoms with E-state index in [2.05, 4.69) is 4.99 Å². The SMILES string of the molecule is Cc1ccc(Cn2c(O)c(C=C3C=Nc4ccc(O)cc43)sc2=O)cc1. The van der Waals surface area contributed by atoms with E-state index in [9.17, 15) is 15.0 Å². The highest BCUT2D eigenvalue weighted by Crippen LogP contribution is 2.36. The van der Waals surface area contributed by atoms with Crippen molar-refractivity contribution in [2.45, 2.75) is 13.5 Å². The highest BCUT2D eigenvalue weighted by molar-refractivity contribution is 7.10. The van der Waals surface area contributed by atoms with Crippen LogP contribution in [0.3, 0.4) is 0 Å². The highest BCUT2D eigenvalue weighted by Gasteiger charge is 2.17. The van der Waals surface area contributed by atoms with Crippen molar-refractivity contribution in [2.75, 3.05) is 0 Å². The highest BCUT2D eigenvalue weighted by atomic mass is 32.1. The first-order chi connectivity index (χ1) is 12.5. The molecule has 6 heteroatoms. The molecule has 0 saturated heterocycles. The van der Waals surface area contributed by atoms with Crippen molar-refractivity contribution in [3.05, 3.63) is 73.7 Å². The van der Waals surface area contributed by atoms with Crippen LogP contribution in [0.2, 0.25) is 0 Å². The van der Waals surface area contributed by atoms with Crippen LogP contribution in [0.1, 0.15) is 21.6 Å². The molecular formula is C20H16N2O3S. The van der Waals surface area contributed by atoms with Crippen LogP contribution in [0, 0.1) is 6.92 Å². The van der Waals surface area contributed by atoms with Crippen LogP contribution in [-0.4, -0.2) is 21.0 Å². The molecule has 0 aliphatic carbocycles. The minimum absolute atomic E-state index is 0.0601. The Morgan fingerprint density at radius 3 is 2.69 bits per heavy atom. The molecular weight excluding hydrogens is 348 g/mol. The maximum Gasteiger partial charge on any atom is 0.310 e. The first-order valence-corrected chi connectivity index (χ1v) is 8.90. The smallest absolute Gasteiger partial charge is 0.310 e. The van der Waals surface area contributed by atoms with Crippen molar-refractivity contribution in [3.63, 3.8) is 0 Å². The predicted octanol–water partition coefficient (Wildman–Crippen LogP) is 3.93. The molecule has 4 rings (SSSR count). The summed E-state index contributed by atoms with van der Waals surface area (Å²) in [7, 11) is 0. The van der Waals surface area contributed by atoms with E-state index >= 15 is 0 Å². The minimum atomic E-state index is -0.221. The molecule has 2 aromatic carbocycles. The summed E-state index contributed by atoms with van der Waals surface area (Å²) in [5.74, 6) is 0.0876. The van der Waals surface area contributed by atoms with E-state index in [1.807, 2.05) is 31.2 Å². The molecule has 1 aliphatic rings. The number of phenols is 1. The molecule has 26 heavy (non-hydrogen) atoms. The Balaban J connectivity index is 1.70. The first-order valence-electron chi connectivity index (χ1n) is 8.08. The third-order valence-electron chi connectivity index (χ3n) is 4.28. The fraction of sp³-hybridized carbons (Fsp3) is 0.100. The van der Waals surface area contributed by atoms with Gasteiger partial charge in [0.25, 0.3) is 0 Å². The quantitative estimate of drug-likeness (QED) is 0.739. The molecule has 0 unspecified atom stereocenters. The lowest BCUT2D eigenvalue weighted by atomic mass is 10.1. The van der Waals surface area contributed by atoms with Crippen LogP contribution < -0.4 is 4.87 Å². The van der Waals surface area contributed by atoms with Crippen molar-refractivity contribution in [3.8, 4) is 11.6 Å². The Bertz CT molecular complexity index is 1110. The van der Waals surface area contributed by atoms with Gasteiger partial charge in [0.05, 0.1) is 17.1 Å². The second kappa shape index (κ2) is 6.31. The number of rotatable bonds is 3. The molecule has 2 heterocycles. The van der Waals surface area contributed by atoms with Gasteiger partial charge in [-0.25, -0.2) is 0 Å². The van der Waals surface area contributed by atoms with Gasteiger partial charge in [-0.05, 0) is 36.8 Å². The van der Waals surface area contributed by atoms with Crippen molar-refractivity contribution in [1.82, 2.24) is 4.57 Å². The zero-order valence-corrected chi connectivity index (χ0v) is 14.8. The summed E-state index contributed by atoms with van der Waals surface area (Å²) < 4.78 is 1.36. The van der Waals surface area contributed by atoms with Gasteiger partial charge in [0.2, 0.25) is 5.88 Å². The summed E-state index contributed by atoms with van der Waals surface area (Å²) in [6.45, 7) is 2.32. The largest absolute Gasteiger partial charge is 0.508 e. The number of fused-ring (bicyclic) bond motifs is 1. The molecule has 0 atom stereocenters. The third-order valence-corrected chi connectivity index (χ3v) is 5.19. The summed E-state index contributed by atoms with van der Waals surface area (Å²) in [6.07, 6.45) is 3.39. The molecule has 1 aliphatic heterocycles. The van der Waals surface area contributed by atoms with Gasteiger partial charge in [-0.1, -0.05) is 41.2 Å². The molecule has 130 valence electrons. The molecule has 0 spiro atoms. The summed E-state index contributed by atoms with van der Waals surface area (Å²) in [5, 5.41) is 20.2. The average Bonchev–Trinajstić information content (AvgIpc) is 3.13. The first kappa shape index (κ1) is 16.4. The molecule has 1 aromatic heterocycles. The Morgan fingerprint density at radius 1 is 1.15 bits per heavy atom. The molecule has 0 bridgehead atoms. The monoisotopic (exact) mass is 364 g/mol. The number of aliphatic imine (C=N–C) groups is 1. The number of aromatic nitrogens is 1. The lowest BCUT2D eigenvalue weighted by Crippen LogP contribution is -2.13. The Morgan fingerprint density at radius 2 is 1.92 bits per heavy atom. The summed E-state index contributed by atoms with van der Waals surface area (Å²) in [6, 6.07) is 12.8. The number of hydrogen-bond acceptors (Lipinski definition) is 5. The van der Waals surface area contributed by atoms with Gasteiger partial charge in [0.15, 0.2) is 0 Å². The fourth-order valence-electron chi connectivity index (χ4n) is 2.86. The minimum Gasteiger partial charge on any atom is -0.508 e. The predicted molar refractivity (Wildman–Crippen MR) is 105 cm³/mol. The maximum atomic E-state index is 12.3. The third kappa shape index (κ3) is 2.95. The molecule has 0 saturated carbocycles. The summed E-state index contributed by atoms with van der Waals surface area (Å²) in [4.78, 5) is 16.9. The molecule has 0 radical (unpaired) electrons. The number of aromatic hydroxyl groups is 2. The van der Waals surface area contributed by atoms with Crippen LogP contribution >= 0.6 is 11.3 Å². The Labute approximate surface area is 153 Å². The topological polar surface area (TPSA) is 74.8 Å². The normalized spacial score (nSPS) is 14.1. The molecule has 0 amide bonds. The van der Waals surface area contributed by atoms with Crippen LogP contribution in [0.25, 0.3) is 11.6 Å². The van der Waals surface area contributed by atoms with Gasteiger partial charge < -0.3 is 10.2 Å². The van der Waals surface area contributed by atoms with Gasteiger partial charge in [-0.2, -0.15) is 0 Å². The number of aryl methyl sites for hydroxylation is 1. The van der Waals surface area contributed by atoms with E-state index in [0.29, 0.717) is 11.4 Å². The molecule has 2 N–H and O–H groups in total. The lowest BCUT2D eigenvalue weighted by molar-refractivity contribution is 0.420. The number of phenolic OH excluding ortho intramolecular Hbond substituents is 1. The number of hydrogen-bond donors (Lipinski definition) is 2. The number of allylic oxidation sites excluding steroid dienone is 1. The van der Waals surface area contributed by atoms with Crippen LogP contribution in [-0.2, 0) is 6.54 Å². The molecule has 0 fully saturated rings. The Kier molecular flexibility index (Phi) is 3.97. The second-order valence-corrected chi connectivity index (χ2v) is 7.18. The van der Waals surface area contributed by atoms with Crippen LogP contribution in [0.15, 0.2) is 52.3 Å². The summed E-state index contributed by atoms with van der Waals surface area (Å²) >= 11 is 0.986. The maximum absolute atomic E-state index is 12.3. The van der Waals surface area contributed by atoms with E-state index in [1.54, 1.807) is 30.5 Å². The van der Waals surface area contributed by atoms with Crippen molar-refractivity contribution >= 4 is 34.9 Å². The lowest BCUT2D eigenvalue weighted by Gasteiger charge is -2.05. The molecule has 3 aromatic rings. The van der Waals surface area contributed by atoms with Crippen molar-refractivity contribution in [2.24, 2.45) is 4.99 Å². The van der Waals surface area contributed by atoms with Gasteiger partial charge in [0, 0.05) is 17.4 Å². The zero-order chi connectivity index (χ0) is 18.3. The van der Waals surface area contributed by atoms with Gasteiger partial charge in [-0.3, -0.25) is 14.4 Å². The van der Waals surface area contributed by atoms with E-state index in [-0.39, 0.29) is 16.5 Å². The zero-order valence-electron chi connectivity index (χ0n) is 14.0. The van der Waals surface area contributed by atoms with Crippen molar-refractivity contribution < 1.29 is 10.2 Å². The molecule has 5 nitrogen and oxygen atoms in total. The number of nitrogens with zero attached hydrogens (tertiary/aromatic N) is 2. The van der Waals surface area contributed by atoms with Gasteiger partial charge in [0.1, 0.15) is 5.75 Å². The van der Waals surface area contributed by atoms with E-state index in [1.165, 1.54) is 4.57 Å². The van der Waals surface area contributed by atoms with Crippen molar-refractivity contribution in [1.29, 1.82) is 0 Å². The number of thiazole rings is 1. The van der Waals surface area contributed by atoms with Gasteiger partial charge in [-0.15, -0.1) is 0 Å². The standard InChI is InChI=1S/C20H16N2O3S/c1-12-2-4-13(5-3-12)11-22-19(24)18(26-20(22)25)8-14-10-21-17-7-6-15(23)9-16(14)17/h2-10,23-24H,11H2,1H3. The van der Waals surface area contributed by atoms with Crippen LogP contribution in [0.5, 0.6) is 11.6 Å². The summed E-state index contributed by atoms with van der Waals surface area (Å²) in [5.41, 5.74) is 4.36. The van der Waals surface area contributed by atoms with Crippen LogP contribution in [0.4, 0.5) is 5.69 Å². The van der Waals surface area contributed by atoms with Gasteiger partial charge >= 0.3 is 4.87 Å². The van der Waals surface area contributed by atoms with E-state index in [4.69, 9.17) is 0 Å². The van der Waals surface area contributed by atoms with E-state index in [0.717, 1.165) is 39.3 Å².